The molecule has 6 heteroatoms. The van der Waals surface area contributed by atoms with Crippen molar-refractivity contribution in [3.05, 3.63) is 60.0 Å². The summed E-state index contributed by atoms with van der Waals surface area (Å²) in [6, 6.07) is 6.83. The third-order valence-corrected chi connectivity index (χ3v) is 2.67. The van der Waals surface area contributed by atoms with Gasteiger partial charge in [0.25, 0.3) is 5.91 Å². The average Bonchev–Trinajstić information content (AvgIpc) is 2.48. The number of carbonyl (C=O) groups is 1. The van der Waals surface area contributed by atoms with Crippen LogP contribution in [0.2, 0.25) is 5.02 Å². The molecule has 0 spiro atoms. The second-order valence-corrected chi connectivity index (χ2v) is 4.35. The predicted molar refractivity (Wildman–Crippen MR) is 80.1 cm³/mol. The fourth-order valence-electron chi connectivity index (χ4n) is 1.44. The number of carbonyl (C=O) groups excluding carboxylic acids is 1. The number of benzene rings is 1. The van der Waals surface area contributed by atoms with Crippen LogP contribution in [0.3, 0.4) is 0 Å². The summed E-state index contributed by atoms with van der Waals surface area (Å²) in [5.74, 6) is 0.267. The minimum absolute atomic E-state index is 0.240. The highest BCUT2D eigenvalue weighted by molar-refractivity contribution is 6.30. The van der Waals surface area contributed by atoms with Crippen molar-refractivity contribution in [2.24, 2.45) is 0 Å². The van der Waals surface area contributed by atoms with Gasteiger partial charge in [0, 0.05) is 17.3 Å². The van der Waals surface area contributed by atoms with Gasteiger partial charge in [0.15, 0.2) is 0 Å². The Hall–Kier alpha value is -2.40. The van der Waals surface area contributed by atoms with Gasteiger partial charge in [-0.1, -0.05) is 17.7 Å². The summed E-state index contributed by atoms with van der Waals surface area (Å²) in [6.45, 7) is 4.18. The topological polar surface area (TPSA) is 66.9 Å². The quantitative estimate of drug-likeness (QED) is 0.830. The molecule has 2 rings (SSSR count). The number of aromatic nitrogens is 2. The Morgan fingerprint density at radius 2 is 2.00 bits per heavy atom. The van der Waals surface area contributed by atoms with E-state index in [1.807, 2.05) is 0 Å². The minimum atomic E-state index is -0.324. The van der Waals surface area contributed by atoms with Crippen LogP contribution >= 0.6 is 11.6 Å². The number of hydrogen-bond acceptors (Lipinski definition) is 4. The molecule has 1 amide bonds. The molecule has 20 heavy (non-hydrogen) atoms. The molecule has 1 heterocycles. The lowest BCUT2D eigenvalue weighted by molar-refractivity contribution is 0.102. The van der Waals surface area contributed by atoms with E-state index in [1.165, 1.54) is 12.4 Å². The molecule has 5 nitrogen and oxygen atoms in total. The molecule has 0 aliphatic carbocycles. The zero-order valence-electron chi connectivity index (χ0n) is 10.6. The lowest BCUT2D eigenvalue weighted by Crippen LogP contribution is -2.14. The van der Waals surface area contributed by atoms with Gasteiger partial charge in [-0.05, 0) is 24.3 Å². The molecule has 1 aromatic heterocycles. The highest BCUT2D eigenvalue weighted by Crippen LogP contribution is 2.14. The summed E-state index contributed by atoms with van der Waals surface area (Å²) in [6.07, 6.45) is 4.62. The summed E-state index contributed by atoms with van der Waals surface area (Å²) in [7, 11) is 0. The molecule has 0 fully saturated rings. The third-order valence-electron chi connectivity index (χ3n) is 2.41. The molecule has 102 valence electrons. The van der Waals surface area contributed by atoms with Crippen LogP contribution in [0.1, 0.15) is 10.5 Å². The van der Waals surface area contributed by atoms with Crippen LogP contribution in [0.5, 0.6) is 0 Å². The standard InChI is InChI=1S/C14H13ClN4O/c1-2-7-16-13-9-17-12(8-18-13)14(20)19-11-5-3-10(15)4-6-11/h2-6,8-9H,1,7H2,(H,16,18)(H,19,20). The zero-order valence-corrected chi connectivity index (χ0v) is 11.4. The molecule has 1 aromatic carbocycles. The van der Waals surface area contributed by atoms with Crippen molar-refractivity contribution in [2.45, 2.75) is 0 Å². The van der Waals surface area contributed by atoms with Crippen LogP contribution in [0.25, 0.3) is 0 Å². The Morgan fingerprint density at radius 3 is 2.60 bits per heavy atom. The molecule has 0 aliphatic heterocycles. The van der Waals surface area contributed by atoms with Gasteiger partial charge < -0.3 is 10.6 Å². The molecule has 0 aliphatic rings. The first-order valence-electron chi connectivity index (χ1n) is 5.93. The molecule has 0 saturated heterocycles. The van der Waals surface area contributed by atoms with Crippen LogP contribution in [0.4, 0.5) is 11.5 Å². The van der Waals surface area contributed by atoms with E-state index in [1.54, 1.807) is 30.3 Å². The van der Waals surface area contributed by atoms with Crippen LogP contribution in [0.15, 0.2) is 49.3 Å². The maximum atomic E-state index is 11.9. The van der Waals surface area contributed by atoms with Gasteiger partial charge in [-0.15, -0.1) is 6.58 Å². The minimum Gasteiger partial charge on any atom is -0.365 e. The lowest BCUT2D eigenvalue weighted by atomic mass is 10.3. The maximum absolute atomic E-state index is 11.9. The molecule has 2 N–H and O–H groups in total. The summed E-state index contributed by atoms with van der Waals surface area (Å²) in [4.78, 5) is 20.1. The van der Waals surface area contributed by atoms with E-state index in [-0.39, 0.29) is 11.6 Å². The first-order chi connectivity index (χ1) is 9.69. The zero-order chi connectivity index (χ0) is 14.4. The third kappa shape index (κ3) is 3.80. The van der Waals surface area contributed by atoms with Crippen molar-refractivity contribution in [3.8, 4) is 0 Å². The molecule has 0 atom stereocenters. The van der Waals surface area contributed by atoms with Gasteiger partial charge >= 0.3 is 0 Å². The Kier molecular flexibility index (Phi) is 4.68. The Balaban J connectivity index is 2.01. The van der Waals surface area contributed by atoms with Crippen LogP contribution in [-0.4, -0.2) is 22.4 Å². The fourth-order valence-corrected chi connectivity index (χ4v) is 1.57. The van der Waals surface area contributed by atoms with E-state index in [0.717, 1.165) is 0 Å². The number of hydrogen-bond donors (Lipinski definition) is 2. The lowest BCUT2D eigenvalue weighted by Gasteiger charge is -2.05. The highest BCUT2D eigenvalue weighted by Gasteiger charge is 2.08. The normalized spacial score (nSPS) is 9.85. The number of anilines is 2. The van der Waals surface area contributed by atoms with Gasteiger partial charge in [0.2, 0.25) is 0 Å². The van der Waals surface area contributed by atoms with Crippen molar-refractivity contribution in [1.29, 1.82) is 0 Å². The van der Waals surface area contributed by atoms with Crippen molar-refractivity contribution in [2.75, 3.05) is 17.2 Å². The smallest absolute Gasteiger partial charge is 0.275 e. The van der Waals surface area contributed by atoms with Crippen molar-refractivity contribution in [1.82, 2.24) is 9.97 Å². The highest BCUT2D eigenvalue weighted by atomic mass is 35.5. The second kappa shape index (κ2) is 6.68. The Morgan fingerprint density at radius 1 is 1.25 bits per heavy atom. The van der Waals surface area contributed by atoms with Crippen LogP contribution in [0, 0.1) is 0 Å². The van der Waals surface area contributed by atoms with E-state index < -0.39 is 0 Å². The van der Waals surface area contributed by atoms with E-state index in [0.29, 0.717) is 23.1 Å². The first-order valence-corrected chi connectivity index (χ1v) is 6.30. The van der Waals surface area contributed by atoms with Crippen molar-refractivity contribution in [3.63, 3.8) is 0 Å². The molecular weight excluding hydrogens is 276 g/mol. The molecule has 0 saturated carbocycles. The van der Waals surface area contributed by atoms with E-state index in [2.05, 4.69) is 27.2 Å². The average molecular weight is 289 g/mol. The summed E-state index contributed by atoms with van der Waals surface area (Å²) < 4.78 is 0. The molecule has 0 radical (unpaired) electrons. The summed E-state index contributed by atoms with van der Waals surface area (Å²) in [5, 5.41) is 6.30. The van der Waals surface area contributed by atoms with Crippen LogP contribution < -0.4 is 10.6 Å². The Labute approximate surface area is 121 Å². The molecular formula is C14H13ClN4O. The SMILES string of the molecule is C=CCNc1cnc(C(=O)Nc2ccc(Cl)cc2)cn1. The van der Waals surface area contributed by atoms with Crippen molar-refractivity contribution < 1.29 is 4.79 Å². The van der Waals surface area contributed by atoms with Gasteiger partial charge in [0.1, 0.15) is 11.5 Å². The van der Waals surface area contributed by atoms with E-state index in [9.17, 15) is 4.79 Å². The largest absolute Gasteiger partial charge is 0.365 e. The molecule has 2 aromatic rings. The summed E-state index contributed by atoms with van der Waals surface area (Å²) >= 11 is 5.78. The predicted octanol–water partition coefficient (Wildman–Crippen LogP) is 2.98. The number of nitrogens with zero attached hydrogens (tertiary/aromatic N) is 2. The second-order valence-electron chi connectivity index (χ2n) is 3.92. The van der Waals surface area contributed by atoms with E-state index in [4.69, 9.17) is 11.6 Å². The van der Waals surface area contributed by atoms with Crippen molar-refractivity contribution >= 4 is 29.0 Å². The van der Waals surface area contributed by atoms with Gasteiger partial charge in [-0.3, -0.25) is 4.79 Å². The van der Waals surface area contributed by atoms with Crippen LogP contribution in [-0.2, 0) is 0 Å². The maximum Gasteiger partial charge on any atom is 0.275 e. The first kappa shape index (κ1) is 14.0. The number of rotatable bonds is 5. The molecule has 0 bridgehead atoms. The number of nitrogens with one attached hydrogen (secondary N) is 2. The van der Waals surface area contributed by atoms with Gasteiger partial charge in [-0.2, -0.15) is 0 Å². The number of halogens is 1. The monoisotopic (exact) mass is 288 g/mol. The number of amides is 1. The Bertz CT molecular complexity index is 596. The fraction of sp³-hybridized carbons (Fsp3) is 0.0714. The van der Waals surface area contributed by atoms with Gasteiger partial charge in [-0.25, -0.2) is 9.97 Å². The van der Waals surface area contributed by atoms with E-state index >= 15 is 0 Å². The summed E-state index contributed by atoms with van der Waals surface area (Å²) in [5.41, 5.74) is 0.888. The molecule has 0 unspecified atom stereocenters. The van der Waals surface area contributed by atoms with Gasteiger partial charge in [0.05, 0.1) is 12.4 Å².